The fourth-order valence-electron chi connectivity index (χ4n) is 1.67. The quantitative estimate of drug-likeness (QED) is 0.637. The summed E-state index contributed by atoms with van der Waals surface area (Å²) in [5, 5.41) is 11.7. The summed E-state index contributed by atoms with van der Waals surface area (Å²) in [6, 6.07) is 7.96. The molecule has 0 saturated carbocycles. The third-order valence-electron chi connectivity index (χ3n) is 2.66. The molecule has 1 aromatic heterocycles. The first kappa shape index (κ1) is 15.9. The molecular weight excluding hydrogens is 308 g/mol. The van der Waals surface area contributed by atoms with E-state index in [0.29, 0.717) is 0 Å². The Morgan fingerprint density at radius 2 is 1.77 bits per heavy atom. The van der Waals surface area contributed by atoms with Crippen LogP contribution in [0.25, 0.3) is 0 Å². The van der Waals surface area contributed by atoms with Crippen LogP contribution in [-0.4, -0.2) is 42.6 Å². The molecule has 22 heavy (non-hydrogen) atoms. The Morgan fingerprint density at radius 3 is 2.45 bits per heavy atom. The summed E-state index contributed by atoms with van der Waals surface area (Å²) in [5.74, 6) is -1.12. The highest BCUT2D eigenvalue weighted by Crippen LogP contribution is 2.08. The van der Waals surface area contributed by atoms with Gasteiger partial charge in [-0.3, -0.25) is 0 Å². The fraction of sp³-hybridized carbons (Fsp3) is 0.154. The van der Waals surface area contributed by atoms with Crippen LogP contribution >= 0.6 is 0 Å². The number of sulfonamides is 1. The monoisotopic (exact) mass is 322 g/mol. The number of hydrogen-bond acceptors (Lipinski definition) is 6. The number of nitrogens with zero attached hydrogens (tertiary/aromatic N) is 2. The van der Waals surface area contributed by atoms with Crippen LogP contribution in [0.3, 0.4) is 0 Å². The predicted molar refractivity (Wildman–Crippen MR) is 79.1 cm³/mol. The van der Waals surface area contributed by atoms with Crippen molar-refractivity contribution in [3.05, 3.63) is 48.4 Å². The van der Waals surface area contributed by atoms with E-state index in [-0.39, 0.29) is 29.5 Å². The molecular formula is C13H14N4O4S. The van der Waals surface area contributed by atoms with E-state index < -0.39 is 16.0 Å². The van der Waals surface area contributed by atoms with Gasteiger partial charge in [-0.2, -0.15) is 0 Å². The molecule has 0 aliphatic heterocycles. The van der Waals surface area contributed by atoms with E-state index in [1.807, 2.05) is 0 Å². The lowest BCUT2D eigenvalue weighted by Crippen LogP contribution is -2.29. The van der Waals surface area contributed by atoms with Crippen LogP contribution in [0.4, 0.5) is 5.82 Å². The summed E-state index contributed by atoms with van der Waals surface area (Å²) < 4.78 is 26.3. The van der Waals surface area contributed by atoms with Gasteiger partial charge in [-0.15, -0.1) is 0 Å². The highest BCUT2D eigenvalue weighted by molar-refractivity contribution is 7.89. The first-order chi connectivity index (χ1) is 10.5. The zero-order chi connectivity index (χ0) is 16.0. The van der Waals surface area contributed by atoms with E-state index in [1.54, 1.807) is 18.2 Å². The summed E-state index contributed by atoms with van der Waals surface area (Å²) in [6.07, 6.45) is 2.62. The zero-order valence-electron chi connectivity index (χ0n) is 11.4. The van der Waals surface area contributed by atoms with Crippen LogP contribution in [0.1, 0.15) is 10.5 Å². The van der Waals surface area contributed by atoms with Gasteiger partial charge in [-0.25, -0.2) is 27.9 Å². The van der Waals surface area contributed by atoms with Crippen molar-refractivity contribution in [1.29, 1.82) is 0 Å². The number of hydrogen-bond donors (Lipinski definition) is 3. The van der Waals surface area contributed by atoms with Crippen LogP contribution in [0, 0.1) is 0 Å². The fourth-order valence-corrected chi connectivity index (χ4v) is 2.73. The second-order valence-corrected chi connectivity index (χ2v) is 5.96. The number of carbonyl (C=O) groups is 1. The Morgan fingerprint density at radius 1 is 1.09 bits per heavy atom. The van der Waals surface area contributed by atoms with Crippen molar-refractivity contribution in [2.45, 2.75) is 4.90 Å². The summed E-state index contributed by atoms with van der Waals surface area (Å²) in [6.45, 7) is 0.248. The van der Waals surface area contributed by atoms with E-state index in [9.17, 15) is 13.2 Å². The van der Waals surface area contributed by atoms with Gasteiger partial charge in [-0.1, -0.05) is 18.2 Å². The van der Waals surface area contributed by atoms with Crippen LogP contribution in [0.5, 0.6) is 0 Å². The maximum absolute atomic E-state index is 12.0. The maximum Gasteiger partial charge on any atom is 0.358 e. The SMILES string of the molecule is O=C(O)c1nccnc1NCCNS(=O)(=O)c1ccccc1. The van der Waals surface area contributed by atoms with Gasteiger partial charge >= 0.3 is 5.97 Å². The molecule has 116 valence electrons. The number of carboxylic acids is 1. The molecule has 0 aliphatic carbocycles. The van der Waals surface area contributed by atoms with Gasteiger partial charge in [-0.05, 0) is 12.1 Å². The molecule has 0 aliphatic rings. The van der Waals surface area contributed by atoms with E-state index in [2.05, 4.69) is 20.0 Å². The largest absolute Gasteiger partial charge is 0.476 e. The van der Waals surface area contributed by atoms with Gasteiger partial charge in [0.1, 0.15) is 0 Å². The van der Waals surface area contributed by atoms with Gasteiger partial charge in [0.05, 0.1) is 4.90 Å². The number of rotatable bonds is 7. The average Bonchev–Trinajstić information content (AvgIpc) is 2.53. The molecule has 0 radical (unpaired) electrons. The van der Waals surface area contributed by atoms with Gasteiger partial charge in [0, 0.05) is 25.5 Å². The van der Waals surface area contributed by atoms with E-state index in [0.717, 1.165) is 0 Å². The number of carboxylic acid groups (broad SMARTS) is 1. The molecule has 0 atom stereocenters. The lowest BCUT2D eigenvalue weighted by molar-refractivity contribution is 0.0691. The minimum Gasteiger partial charge on any atom is -0.476 e. The second-order valence-electron chi connectivity index (χ2n) is 4.20. The Labute approximate surface area is 127 Å². The van der Waals surface area contributed by atoms with E-state index in [4.69, 9.17) is 5.11 Å². The van der Waals surface area contributed by atoms with Crippen molar-refractivity contribution in [3.8, 4) is 0 Å². The first-order valence-corrected chi connectivity index (χ1v) is 7.82. The molecule has 8 nitrogen and oxygen atoms in total. The predicted octanol–water partition coefficient (Wildman–Crippen LogP) is 0.565. The van der Waals surface area contributed by atoms with Crippen LogP contribution in [0.2, 0.25) is 0 Å². The topological polar surface area (TPSA) is 121 Å². The Bertz CT molecular complexity index is 750. The molecule has 0 bridgehead atoms. The summed E-state index contributed by atoms with van der Waals surface area (Å²) in [7, 11) is -3.58. The normalized spacial score (nSPS) is 11.1. The van der Waals surface area contributed by atoms with Crippen molar-refractivity contribution in [1.82, 2.24) is 14.7 Å². The highest BCUT2D eigenvalue weighted by atomic mass is 32.2. The summed E-state index contributed by atoms with van der Waals surface area (Å²) in [4.78, 5) is 18.7. The van der Waals surface area contributed by atoms with Crippen molar-refractivity contribution >= 4 is 21.8 Å². The number of anilines is 1. The number of aromatic nitrogens is 2. The molecule has 1 heterocycles. The molecule has 0 amide bonds. The molecule has 1 aromatic carbocycles. The molecule has 3 N–H and O–H groups in total. The van der Waals surface area contributed by atoms with Gasteiger partial charge in [0.25, 0.3) is 0 Å². The van der Waals surface area contributed by atoms with E-state index in [1.165, 1.54) is 24.5 Å². The van der Waals surface area contributed by atoms with Crippen molar-refractivity contribution < 1.29 is 18.3 Å². The van der Waals surface area contributed by atoms with Crippen molar-refractivity contribution in [3.63, 3.8) is 0 Å². The van der Waals surface area contributed by atoms with E-state index >= 15 is 0 Å². The third kappa shape index (κ3) is 3.99. The van der Waals surface area contributed by atoms with Gasteiger partial charge in [0.2, 0.25) is 10.0 Å². The van der Waals surface area contributed by atoms with Crippen LogP contribution in [-0.2, 0) is 10.0 Å². The number of aromatic carboxylic acids is 1. The molecule has 0 unspecified atom stereocenters. The molecule has 9 heteroatoms. The Balaban J connectivity index is 1.92. The lowest BCUT2D eigenvalue weighted by atomic mass is 10.4. The zero-order valence-corrected chi connectivity index (χ0v) is 12.2. The maximum atomic E-state index is 12.0. The second kappa shape index (κ2) is 6.96. The van der Waals surface area contributed by atoms with Crippen molar-refractivity contribution in [2.75, 3.05) is 18.4 Å². The Kier molecular flexibility index (Phi) is 5.02. The van der Waals surface area contributed by atoms with Gasteiger partial charge in [0.15, 0.2) is 11.5 Å². The minimum absolute atomic E-state index is 0.0763. The molecule has 0 fully saturated rings. The highest BCUT2D eigenvalue weighted by Gasteiger charge is 2.14. The minimum atomic E-state index is -3.58. The average molecular weight is 322 g/mol. The van der Waals surface area contributed by atoms with Crippen LogP contribution < -0.4 is 10.0 Å². The number of nitrogens with one attached hydrogen (secondary N) is 2. The number of benzene rings is 1. The smallest absolute Gasteiger partial charge is 0.358 e. The molecule has 2 rings (SSSR count). The molecule has 0 saturated heterocycles. The summed E-state index contributed by atoms with van der Waals surface area (Å²) >= 11 is 0. The standard InChI is InChI=1S/C13H14N4O4S/c18-13(19)11-12(15-7-6-14-11)16-8-9-17-22(20,21)10-4-2-1-3-5-10/h1-7,17H,8-9H2,(H,15,16)(H,18,19). The van der Waals surface area contributed by atoms with Crippen LogP contribution in [0.15, 0.2) is 47.6 Å². The van der Waals surface area contributed by atoms with Gasteiger partial charge < -0.3 is 10.4 Å². The lowest BCUT2D eigenvalue weighted by Gasteiger charge is -2.09. The third-order valence-corrected chi connectivity index (χ3v) is 4.14. The van der Waals surface area contributed by atoms with Crippen molar-refractivity contribution in [2.24, 2.45) is 0 Å². The first-order valence-electron chi connectivity index (χ1n) is 6.33. The Hall–Kier alpha value is -2.52. The molecule has 2 aromatic rings. The summed E-state index contributed by atoms with van der Waals surface area (Å²) in [5.41, 5.74) is -0.214. The molecule has 0 spiro atoms.